The fourth-order valence-corrected chi connectivity index (χ4v) is 2.77. The van der Waals surface area contributed by atoms with Crippen LogP contribution >= 0.6 is 11.6 Å². The predicted molar refractivity (Wildman–Crippen MR) is 122 cm³/mol. The van der Waals surface area contributed by atoms with Crippen LogP contribution in [0.5, 0.6) is 17.2 Å². The molecule has 0 saturated heterocycles. The molecule has 0 aromatic heterocycles. The SMILES string of the molecule is CCCCNC(=O)/C(C#N)=C/c1ccc(OC(=O)COc2ccc(Cl)c(C)c2)c(OC)c1. The molecule has 2 rings (SSSR count). The zero-order chi connectivity index (χ0) is 23.5. The number of aryl methyl sites for hydroxylation is 1. The van der Waals surface area contributed by atoms with Crippen molar-refractivity contribution in [1.29, 1.82) is 5.26 Å². The molecule has 2 aromatic rings. The van der Waals surface area contributed by atoms with Crippen molar-refractivity contribution in [2.24, 2.45) is 0 Å². The van der Waals surface area contributed by atoms with Gasteiger partial charge in [-0.1, -0.05) is 31.0 Å². The van der Waals surface area contributed by atoms with Gasteiger partial charge in [0.25, 0.3) is 5.91 Å². The molecule has 0 fully saturated rings. The van der Waals surface area contributed by atoms with Gasteiger partial charge in [0, 0.05) is 11.6 Å². The maximum atomic E-state index is 12.2. The summed E-state index contributed by atoms with van der Waals surface area (Å²) in [5.74, 6) is -0.0932. The first kappa shape index (κ1) is 24.8. The third-order valence-electron chi connectivity index (χ3n) is 4.39. The molecule has 0 spiro atoms. The number of methoxy groups -OCH3 is 1. The van der Waals surface area contributed by atoms with Crippen molar-refractivity contribution in [2.45, 2.75) is 26.7 Å². The number of amides is 1. The molecule has 0 unspecified atom stereocenters. The van der Waals surface area contributed by atoms with Crippen molar-refractivity contribution in [3.63, 3.8) is 0 Å². The Kier molecular flexibility index (Phi) is 9.58. The number of benzene rings is 2. The number of hydrogen-bond donors (Lipinski definition) is 1. The van der Waals surface area contributed by atoms with Gasteiger partial charge in [0.1, 0.15) is 17.4 Å². The number of nitrogens with one attached hydrogen (secondary N) is 1. The fraction of sp³-hybridized carbons (Fsp3) is 0.292. The lowest BCUT2D eigenvalue weighted by Crippen LogP contribution is -2.25. The van der Waals surface area contributed by atoms with Crippen molar-refractivity contribution in [2.75, 3.05) is 20.3 Å². The number of carbonyl (C=O) groups excluding carboxylic acids is 2. The molecular weight excluding hydrogens is 432 g/mol. The highest BCUT2D eigenvalue weighted by Crippen LogP contribution is 2.29. The highest BCUT2D eigenvalue weighted by molar-refractivity contribution is 6.31. The minimum Gasteiger partial charge on any atom is -0.493 e. The minimum atomic E-state index is -0.618. The number of esters is 1. The van der Waals surface area contributed by atoms with Crippen LogP contribution in [0.2, 0.25) is 5.02 Å². The lowest BCUT2D eigenvalue weighted by molar-refractivity contribution is -0.136. The zero-order valence-electron chi connectivity index (χ0n) is 18.2. The van der Waals surface area contributed by atoms with Crippen LogP contribution in [0.4, 0.5) is 0 Å². The van der Waals surface area contributed by atoms with Crippen LogP contribution < -0.4 is 19.5 Å². The number of rotatable bonds is 10. The lowest BCUT2D eigenvalue weighted by atomic mass is 10.1. The van der Waals surface area contributed by atoms with E-state index in [2.05, 4.69) is 5.32 Å². The van der Waals surface area contributed by atoms with Crippen molar-refractivity contribution in [3.8, 4) is 23.3 Å². The fourth-order valence-electron chi connectivity index (χ4n) is 2.65. The first-order valence-corrected chi connectivity index (χ1v) is 10.4. The van der Waals surface area contributed by atoms with E-state index in [0.29, 0.717) is 22.9 Å². The van der Waals surface area contributed by atoms with E-state index < -0.39 is 11.9 Å². The normalized spacial score (nSPS) is 10.8. The quantitative estimate of drug-likeness (QED) is 0.186. The molecule has 1 N–H and O–H groups in total. The maximum absolute atomic E-state index is 12.2. The Morgan fingerprint density at radius 3 is 2.62 bits per heavy atom. The summed E-state index contributed by atoms with van der Waals surface area (Å²) in [5.41, 5.74) is 1.36. The van der Waals surface area contributed by atoms with E-state index in [1.165, 1.54) is 19.3 Å². The second-order valence-corrected chi connectivity index (χ2v) is 7.27. The molecule has 7 nitrogen and oxygen atoms in total. The standard InChI is InChI=1S/C24H25ClN2O5/c1-4-5-10-27-24(29)18(14-26)12-17-6-9-21(22(13-17)30-3)32-23(28)15-31-19-7-8-20(25)16(2)11-19/h6-9,11-13H,4-5,10,15H2,1-3H3,(H,27,29)/b18-12+. The van der Waals surface area contributed by atoms with Gasteiger partial charge in [0.2, 0.25) is 0 Å². The third kappa shape index (κ3) is 7.33. The first-order chi connectivity index (χ1) is 15.4. The van der Waals surface area contributed by atoms with Crippen molar-refractivity contribution >= 4 is 29.6 Å². The number of carbonyl (C=O) groups is 2. The molecule has 0 heterocycles. The molecular formula is C24H25ClN2O5. The third-order valence-corrected chi connectivity index (χ3v) is 4.81. The topological polar surface area (TPSA) is 97.7 Å². The number of nitrogens with zero attached hydrogens (tertiary/aromatic N) is 1. The Bertz CT molecular complexity index is 1040. The number of halogens is 1. The Hall–Kier alpha value is -3.50. The Labute approximate surface area is 192 Å². The van der Waals surface area contributed by atoms with Gasteiger partial charge >= 0.3 is 5.97 Å². The number of nitriles is 1. The number of ether oxygens (including phenoxy) is 3. The smallest absolute Gasteiger partial charge is 0.349 e. The predicted octanol–water partition coefficient (Wildman–Crippen LogP) is 4.46. The molecule has 8 heteroatoms. The van der Waals surface area contributed by atoms with E-state index in [1.54, 1.807) is 30.3 Å². The number of unbranched alkanes of at least 4 members (excludes halogenated alkanes) is 1. The van der Waals surface area contributed by atoms with E-state index >= 15 is 0 Å². The van der Waals surface area contributed by atoms with E-state index in [4.69, 9.17) is 25.8 Å². The molecule has 0 saturated carbocycles. The van der Waals surface area contributed by atoms with Crippen LogP contribution in [0.1, 0.15) is 30.9 Å². The van der Waals surface area contributed by atoms with Gasteiger partial charge in [0.15, 0.2) is 18.1 Å². The van der Waals surface area contributed by atoms with Gasteiger partial charge < -0.3 is 19.5 Å². The summed E-state index contributed by atoms with van der Waals surface area (Å²) >= 11 is 5.98. The molecule has 0 bridgehead atoms. The first-order valence-electron chi connectivity index (χ1n) is 10.1. The van der Waals surface area contributed by atoms with E-state index in [9.17, 15) is 14.9 Å². The summed E-state index contributed by atoms with van der Waals surface area (Å²) in [6.07, 6.45) is 3.22. The van der Waals surface area contributed by atoms with Gasteiger partial charge in [-0.15, -0.1) is 0 Å². The van der Waals surface area contributed by atoms with Crippen LogP contribution in [-0.4, -0.2) is 32.1 Å². The second-order valence-electron chi connectivity index (χ2n) is 6.86. The average molecular weight is 457 g/mol. The second kappa shape index (κ2) is 12.4. The van der Waals surface area contributed by atoms with Crippen molar-refractivity contribution in [1.82, 2.24) is 5.32 Å². The molecule has 0 aliphatic heterocycles. The summed E-state index contributed by atoms with van der Waals surface area (Å²) in [6.45, 7) is 4.05. The largest absolute Gasteiger partial charge is 0.493 e. The monoisotopic (exact) mass is 456 g/mol. The van der Waals surface area contributed by atoms with Crippen LogP contribution in [0.3, 0.4) is 0 Å². The van der Waals surface area contributed by atoms with Gasteiger partial charge in [-0.05, 0) is 60.9 Å². The molecule has 0 radical (unpaired) electrons. The van der Waals surface area contributed by atoms with Gasteiger partial charge in [0.05, 0.1) is 7.11 Å². The van der Waals surface area contributed by atoms with Gasteiger partial charge in [-0.3, -0.25) is 4.79 Å². The highest BCUT2D eigenvalue weighted by Gasteiger charge is 2.13. The highest BCUT2D eigenvalue weighted by atomic mass is 35.5. The summed E-state index contributed by atoms with van der Waals surface area (Å²) in [5, 5.41) is 12.6. The van der Waals surface area contributed by atoms with E-state index in [-0.39, 0.29) is 23.7 Å². The minimum absolute atomic E-state index is 0.0282. The summed E-state index contributed by atoms with van der Waals surface area (Å²) in [4.78, 5) is 24.3. The molecule has 2 aromatic carbocycles. The molecule has 0 atom stereocenters. The Morgan fingerprint density at radius 2 is 1.97 bits per heavy atom. The van der Waals surface area contributed by atoms with Crippen LogP contribution in [0, 0.1) is 18.3 Å². The molecule has 0 aliphatic carbocycles. The Morgan fingerprint density at radius 1 is 1.19 bits per heavy atom. The summed E-state index contributed by atoms with van der Waals surface area (Å²) in [7, 11) is 1.43. The van der Waals surface area contributed by atoms with Gasteiger partial charge in [-0.25, -0.2) is 4.79 Å². The average Bonchev–Trinajstić information content (AvgIpc) is 2.79. The van der Waals surface area contributed by atoms with E-state index in [1.807, 2.05) is 19.9 Å². The summed E-state index contributed by atoms with van der Waals surface area (Å²) in [6, 6.07) is 11.7. The van der Waals surface area contributed by atoms with Crippen LogP contribution in [0.25, 0.3) is 6.08 Å². The zero-order valence-corrected chi connectivity index (χ0v) is 19.0. The van der Waals surface area contributed by atoms with Crippen molar-refractivity contribution < 1.29 is 23.8 Å². The molecule has 168 valence electrons. The van der Waals surface area contributed by atoms with Crippen molar-refractivity contribution in [3.05, 3.63) is 58.1 Å². The lowest BCUT2D eigenvalue weighted by Gasteiger charge is -2.11. The van der Waals surface area contributed by atoms with E-state index in [0.717, 1.165) is 18.4 Å². The molecule has 0 aliphatic rings. The van der Waals surface area contributed by atoms with Gasteiger partial charge in [-0.2, -0.15) is 5.26 Å². The van der Waals surface area contributed by atoms with Crippen LogP contribution in [-0.2, 0) is 9.59 Å². The Balaban J connectivity index is 2.05. The number of hydrogen-bond acceptors (Lipinski definition) is 6. The maximum Gasteiger partial charge on any atom is 0.349 e. The molecule has 32 heavy (non-hydrogen) atoms. The van der Waals surface area contributed by atoms with Crippen LogP contribution in [0.15, 0.2) is 42.0 Å². The molecule has 1 amide bonds. The summed E-state index contributed by atoms with van der Waals surface area (Å²) < 4.78 is 16.1.